The van der Waals surface area contributed by atoms with Gasteiger partial charge in [-0.3, -0.25) is 14.4 Å². The SMILES string of the molecule is CC[C@H](N)C(=O)NC1C(=O)N2C(CC[C@@H]1C[N+](C)(C)C)CC[C@H]2C(=O)NCCc1ccc(OC)cc1. The van der Waals surface area contributed by atoms with Crippen LogP contribution in [0.1, 0.15) is 44.6 Å². The van der Waals surface area contributed by atoms with Crippen LogP contribution in [0.4, 0.5) is 0 Å². The Morgan fingerprint density at radius 3 is 2.42 bits per heavy atom. The first kappa shape index (κ1) is 27.9. The van der Waals surface area contributed by atoms with Crippen LogP contribution < -0.4 is 21.1 Å². The van der Waals surface area contributed by atoms with Crippen molar-refractivity contribution in [3.63, 3.8) is 0 Å². The summed E-state index contributed by atoms with van der Waals surface area (Å²) < 4.78 is 5.88. The molecule has 2 aliphatic heterocycles. The fraction of sp³-hybridized carbons (Fsp3) is 0.667. The maximum atomic E-state index is 13.9. The minimum atomic E-state index is -0.676. The van der Waals surface area contributed by atoms with E-state index < -0.39 is 18.1 Å². The van der Waals surface area contributed by atoms with E-state index in [1.807, 2.05) is 31.2 Å². The number of quaternary nitrogens is 1. The van der Waals surface area contributed by atoms with Gasteiger partial charge in [0, 0.05) is 18.5 Å². The van der Waals surface area contributed by atoms with Crippen LogP contribution in [0.25, 0.3) is 0 Å². The maximum absolute atomic E-state index is 13.9. The number of benzene rings is 1. The third kappa shape index (κ3) is 6.97. The molecule has 9 nitrogen and oxygen atoms in total. The number of carbonyl (C=O) groups is 3. The molecule has 1 aromatic rings. The quantitative estimate of drug-likeness (QED) is 0.414. The van der Waals surface area contributed by atoms with Gasteiger partial charge in [-0.1, -0.05) is 19.1 Å². The van der Waals surface area contributed by atoms with E-state index >= 15 is 0 Å². The Morgan fingerprint density at radius 1 is 1.14 bits per heavy atom. The van der Waals surface area contributed by atoms with Crippen molar-refractivity contribution in [2.75, 3.05) is 41.3 Å². The number of nitrogens with one attached hydrogen (secondary N) is 2. The Hall–Kier alpha value is -2.65. The third-order valence-corrected chi connectivity index (χ3v) is 7.40. The molecule has 2 aliphatic rings. The number of hydrogen-bond donors (Lipinski definition) is 3. The normalized spacial score (nSPS) is 25.1. The summed E-state index contributed by atoms with van der Waals surface area (Å²) in [6.45, 7) is 3.09. The summed E-state index contributed by atoms with van der Waals surface area (Å²) in [4.78, 5) is 41.6. The zero-order chi connectivity index (χ0) is 26.5. The van der Waals surface area contributed by atoms with Gasteiger partial charge in [0.05, 0.1) is 40.8 Å². The average Bonchev–Trinajstić information content (AvgIpc) is 3.23. The molecule has 2 fully saturated rings. The van der Waals surface area contributed by atoms with E-state index in [1.165, 1.54) is 0 Å². The number of methoxy groups -OCH3 is 1. The van der Waals surface area contributed by atoms with Crippen LogP contribution in [0.3, 0.4) is 0 Å². The number of hydrogen-bond acceptors (Lipinski definition) is 5. The van der Waals surface area contributed by atoms with Crippen LogP contribution in [0.2, 0.25) is 0 Å². The summed E-state index contributed by atoms with van der Waals surface area (Å²) in [6.07, 6.45) is 4.28. The summed E-state index contributed by atoms with van der Waals surface area (Å²) in [5.41, 5.74) is 7.08. The zero-order valence-electron chi connectivity index (χ0n) is 22.5. The van der Waals surface area contributed by atoms with Crippen LogP contribution in [0, 0.1) is 5.92 Å². The molecule has 3 rings (SSSR count). The highest BCUT2D eigenvalue weighted by Gasteiger charge is 2.48. The number of nitrogens with zero attached hydrogens (tertiary/aromatic N) is 2. The predicted molar refractivity (Wildman–Crippen MR) is 139 cm³/mol. The van der Waals surface area contributed by atoms with E-state index in [9.17, 15) is 14.4 Å². The molecule has 36 heavy (non-hydrogen) atoms. The molecule has 4 N–H and O–H groups in total. The van der Waals surface area contributed by atoms with E-state index in [0.29, 0.717) is 30.3 Å². The molecule has 0 aliphatic carbocycles. The number of rotatable bonds is 10. The van der Waals surface area contributed by atoms with Gasteiger partial charge in [0.2, 0.25) is 17.7 Å². The van der Waals surface area contributed by atoms with Crippen molar-refractivity contribution in [1.29, 1.82) is 0 Å². The van der Waals surface area contributed by atoms with Crippen LogP contribution in [0.5, 0.6) is 5.75 Å². The molecule has 9 heteroatoms. The molecule has 2 saturated heterocycles. The first-order valence-electron chi connectivity index (χ1n) is 13.1. The minimum absolute atomic E-state index is 0.0186. The van der Waals surface area contributed by atoms with Gasteiger partial charge < -0.3 is 30.5 Å². The molecule has 0 saturated carbocycles. The Bertz CT molecular complexity index is 914. The van der Waals surface area contributed by atoms with Crippen LogP contribution >= 0.6 is 0 Å². The van der Waals surface area contributed by atoms with Gasteiger partial charge in [-0.2, -0.15) is 0 Å². The van der Waals surface area contributed by atoms with Crippen molar-refractivity contribution in [2.24, 2.45) is 11.7 Å². The lowest BCUT2D eigenvalue weighted by molar-refractivity contribution is -0.874. The topological polar surface area (TPSA) is 114 Å². The average molecular weight is 503 g/mol. The van der Waals surface area contributed by atoms with Crippen LogP contribution in [-0.4, -0.2) is 92.6 Å². The lowest BCUT2D eigenvalue weighted by Gasteiger charge is -2.35. The van der Waals surface area contributed by atoms with Gasteiger partial charge >= 0.3 is 0 Å². The summed E-state index contributed by atoms with van der Waals surface area (Å²) in [5, 5.41) is 6.00. The van der Waals surface area contributed by atoms with Crippen molar-refractivity contribution < 1.29 is 23.6 Å². The van der Waals surface area contributed by atoms with Gasteiger partial charge in [0.15, 0.2) is 0 Å². The number of carbonyl (C=O) groups excluding carboxylic acids is 3. The first-order valence-corrected chi connectivity index (χ1v) is 13.1. The first-order chi connectivity index (χ1) is 17.0. The highest BCUT2D eigenvalue weighted by atomic mass is 16.5. The third-order valence-electron chi connectivity index (χ3n) is 7.40. The van der Waals surface area contributed by atoms with Gasteiger partial charge in [-0.25, -0.2) is 0 Å². The summed E-state index contributed by atoms with van der Waals surface area (Å²) in [6, 6.07) is 5.95. The van der Waals surface area contributed by atoms with Crippen LogP contribution in [-0.2, 0) is 20.8 Å². The molecular formula is C27H44N5O4+. The molecule has 2 heterocycles. The second-order valence-electron chi connectivity index (χ2n) is 11.2. The van der Waals surface area contributed by atoms with Crippen molar-refractivity contribution in [1.82, 2.24) is 15.5 Å². The molecule has 3 amide bonds. The number of amides is 3. The molecule has 0 spiro atoms. The van der Waals surface area contributed by atoms with Crippen molar-refractivity contribution >= 4 is 17.7 Å². The number of nitrogens with two attached hydrogens (primary N) is 1. The molecule has 0 aromatic heterocycles. The van der Waals surface area contributed by atoms with Gasteiger partial charge in [-0.15, -0.1) is 0 Å². The standard InChI is InChI=1S/C27H43N5O4/c1-6-22(28)25(33)30-24-19(17-32(2,3)4)9-10-20-11-14-23(31(20)27(24)35)26(34)29-16-15-18-7-12-21(36-5)13-8-18/h7-8,12-13,19-20,22-24H,6,9-11,14-17,28H2,1-5H3,(H-,29,30,33,34)/p+1/t19-,20?,22+,23+,24?/m1/s1. The van der Waals surface area contributed by atoms with Gasteiger partial charge in [0.1, 0.15) is 17.8 Å². The lowest BCUT2D eigenvalue weighted by atomic mass is 9.92. The lowest BCUT2D eigenvalue weighted by Crippen LogP contribution is -2.59. The number of fused-ring (bicyclic) bond motifs is 1. The molecule has 5 atom stereocenters. The van der Waals surface area contributed by atoms with E-state index in [2.05, 4.69) is 31.8 Å². The fourth-order valence-electron chi connectivity index (χ4n) is 5.46. The fourth-order valence-corrected chi connectivity index (χ4v) is 5.46. The summed E-state index contributed by atoms with van der Waals surface area (Å²) in [7, 11) is 7.90. The monoisotopic (exact) mass is 502 g/mol. The highest BCUT2D eigenvalue weighted by molar-refractivity contribution is 5.94. The van der Waals surface area contributed by atoms with Gasteiger partial charge in [-0.05, 0) is 56.2 Å². The molecule has 0 bridgehead atoms. The summed E-state index contributed by atoms with van der Waals surface area (Å²) >= 11 is 0. The Labute approximate surface area is 215 Å². The molecular weight excluding hydrogens is 458 g/mol. The predicted octanol–water partition coefficient (Wildman–Crippen LogP) is 1.05. The van der Waals surface area contributed by atoms with Crippen molar-refractivity contribution in [3.8, 4) is 5.75 Å². The molecule has 0 radical (unpaired) electrons. The van der Waals surface area contributed by atoms with E-state index in [4.69, 9.17) is 10.5 Å². The molecule has 200 valence electrons. The molecule has 2 unspecified atom stereocenters. The smallest absolute Gasteiger partial charge is 0.246 e. The van der Waals surface area contributed by atoms with E-state index in [1.54, 1.807) is 12.0 Å². The second kappa shape index (κ2) is 12.1. The Morgan fingerprint density at radius 2 is 1.81 bits per heavy atom. The largest absolute Gasteiger partial charge is 0.497 e. The van der Waals surface area contributed by atoms with E-state index in [-0.39, 0.29) is 29.7 Å². The Kier molecular flexibility index (Phi) is 9.35. The second-order valence-corrected chi connectivity index (χ2v) is 11.2. The minimum Gasteiger partial charge on any atom is -0.497 e. The molecule has 1 aromatic carbocycles. The highest BCUT2D eigenvalue weighted by Crippen LogP contribution is 2.34. The summed E-state index contributed by atoms with van der Waals surface area (Å²) in [5.74, 6) is 0.194. The van der Waals surface area contributed by atoms with Crippen molar-refractivity contribution in [2.45, 2.75) is 69.6 Å². The Balaban J connectivity index is 1.71. The number of ether oxygens (including phenoxy) is 1. The van der Waals surface area contributed by atoms with Gasteiger partial charge in [0.25, 0.3) is 0 Å². The maximum Gasteiger partial charge on any atom is 0.246 e. The van der Waals surface area contributed by atoms with Crippen molar-refractivity contribution in [3.05, 3.63) is 29.8 Å². The van der Waals surface area contributed by atoms with E-state index in [0.717, 1.165) is 37.1 Å². The van der Waals surface area contributed by atoms with Crippen LogP contribution in [0.15, 0.2) is 24.3 Å². The zero-order valence-corrected chi connectivity index (χ0v) is 22.5.